The number of aliphatic hydroxyl groups is 1. The Morgan fingerprint density at radius 2 is 1.83 bits per heavy atom. The molecule has 1 N–H and O–H groups in total. The molecule has 29 heavy (non-hydrogen) atoms. The van der Waals surface area contributed by atoms with Crippen molar-refractivity contribution in [3.8, 4) is 0 Å². The highest BCUT2D eigenvalue weighted by molar-refractivity contribution is 5.36. The lowest BCUT2D eigenvalue weighted by atomic mass is 9.62. The Kier molecular flexibility index (Phi) is 7.31. The van der Waals surface area contributed by atoms with Crippen LogP contribution in [-0.4, -0.2) is 11.2 Å². The first kappa shape index (κ1) is 22.6. The van der Waals surface area contributed by atoms with E-state index in [0.29, 0.717) is 23.2 Å². The summed E-state index contributed by atoms with van der Waals surface area (Å²) in [5.41, 5.74) is 4.82. The lowest BCUT2D eigenvalue weighted by Crippen LogP contribution is -2.34. The van der Waals surface area contributed by atoms with Gasteiger partial charge in [-0.3, -0.25) is 0 Å². The molecule has 0 unspecified atom stereocenters. The van der Waals surface area contributed by atoms with Crippen LogP contribution in [0.4, 0.5) is 0 Å². The zero-order chi connectivity index (χ0) is 21.2. The minimum atomic E-state index is -0.152. The summed E-state index contributed by atoms with van der Waals surface area (Å²) < 4.78 is 0. The molecule has 0 spiro atoms. The van der Waals surface area contributed by atoms with Crippen molar-refractivity contribution in [2.24, 2.45) is 35.0 Å². The van der Waals surface area contributed by atoms with Crippen molar-refractivity contribution in [1.82, 2.24) is 0 Å². The number of hydrogen-bond acceptors (Lipinski definition) is 1. The van der Waals surface area contributed by atoms with Crippen molar-refractivity contribution in [2.45, 2.75) is 92.6 Å². The predicted molar refractivity (Wildman–Crippen MR) is 126 cm³/mol. The third kappa shape index (κ3) is 4.98. The smallest absolute Gasteiger partial charge is 0.0583 e. The van der Waals surface area contributed by atoms with E-state index in [1.165, 1.54) is 36.8 Å². The van der Waals surface area contributed by atoms with Gasteiger partial charge in [0.1, 0.15) is 0 Å². The van der Waals surface area contributed by atoms with E-state index in [2.05, 4.69) is 71.9 Å². The van der Waals surface area contributed by atoms with Gasteiger partial charge in [0.2, 0.25) is 0 Å². The molecule has 0 bridgehead atoms. The largest absolute Gasteiger partial charge is 0.393 e. The molecule has 3 aliphatic carbocycles. The van der Waals surface area contributed by atoms with Gasteiger partial charge in [-0.25, -0.2) is 0 Å². The summed E-state index contributed by atoms with van der Waals surface area (Å²) in [5.74, 6) is 3.53. The Labute approximate surface area is 180 Å². The summed E-state index contributed by atoms with van der Waals surface area (Å²) in [7, 11) is 0. The highest BCUT2D eigenvalue weighted by atomic mass is 16.3. The molecule has 0 aromatic heterocycles. The van der Waals surface area contributed by atoms with Gasteiger partial charge in [-0.1, -0.05) is 70.6 Å². The zero-order valence-electron chi connectivity index (χ0n) is 19.7. The maximum Gasteiger partial charge on any atom is 0.0583 e. The highest BCUT2D eigenvalue weighted by Gasteiger charge is 2.49. The van der Waals surface area contributed by atoms with Crippen molar-refractivity contribution in [3.63, 3.8) is 0 Å². The molecule has 0 radical (unpaired) electrons. The molecule has 3 rings (SSSR count). The van der Waals surface area contributed by atoms with Crippen LogP contribution in [0.15, 0.2) is 47.1 Å². The number of hydrogen-bond donors (Lipinski definition) is 1. The van der Waals surface area contributed by atoms with Gasteiger partial charge in [0.25, 0.3) is 0 Å². The Morgan fingerprint density at radius 3 is 2.55 bits per heavy atom. The Hall–Kier alpha value is -1.08. The number of fused-ring (bicyclic) bond motifs is 1. The topological polar surface area (TPSA) is 20.2 Å². The van der Waals surface area contributed by atoms with Gasteiger partial charge >= 0.3 is 0 Å². The minimum Gasteiger partial charge on any atom is -0.393 e. The van der Waals surface area contributed by atoms with Crippen LogP contribution in [0.3, 0.4) is 0 Å². The first-order valence-electron chi connectivity index (χ1n) is 12.2. The zero-order valence-corrected chi connectivity index (χ0v) is 19.7. The summed E-state index contributed by atoms with van der Waals surface area (Å²) in [4.78, 5) is 0. The molecule has 0 heterocycles. The van der Waals surface area contributed by atoms with E-state index in [1.54, 1.807) is 5.57 Å². The fraction of sp³-hybridized carbons (Fsp3) is 0.714. The molecule has 0 saturated heterocycles. The number of rotatable bonds is 6. The summed E-state index contributed by atoms with van der Waals surface area (Å²) >= 11 is 0. The van der Waals surface area contributed by atoms with Gasteiger partial charge in [0, 0.05) is 0 Å². The quantitative estimate of drug-likeness (QED) is 0.457. The van der Waals surface area contributed by atoms with Gasteiger partial charge in [-0.2, -0.15) is 0 Å². The van der Waals surface area contributed by atoms with Crippen LogP contribution in [0.25, 0.3) is 0 Å². The molecule has 1 nitrogen and oxygen atoms in total. The molecule has 162 valence electrons. The Morgan fingerprint density at radius 1 is 1.07 bits per heavy atom. The molecule has 1 heteroatoms. The fourth-order valence-corrected chi connectivity index (χ4v) is 6.10. The van der Waals surface area contributed by atoms with Gasteiger partial charge in [0.15, 0.2) is 0 Å². The maximum absolute atomic E-state index is 10.1. The van der Waals surface area contributed by atoms with Crippen molar-refractivity contribution >= 4 is 0 Å². The van der Waals surface area contributed by atoms with Crippen LogP contribution in [0, 0.1) is 35.0 Å². The molecule has 3 aliphatic rings. The van der Waals surface area contributed by atoms with Gasteiger partial charge in [-0.05, 0) is 98.0 Å². The molecule has 1 fully saturated rings. The van der Waals surface area contributed by atoms with Crippen LogP contribution in [0.5, 0.6) is 0 Å². The lowest BCUT2D eigenvalue weighted by Gasteiger charge is -2.42. The molecular formula is C28H44O. The van der Waals surface area contributed by atoms with Crippen molar-refractivity contribution < 1.29 is 5.11 Å². The molecule has 1 saturated carbocycles. The van der Waals surface area contributed by atoms with E-state index in [0.717, 1.165) is 31.1 Å². The minimum absolute atomic E-state index is 0.152. The van der Waals surface area contributed by atoms with Gasteiger partial charge in [-0.15, -0.1) is 0 Å². The maximum atomic E-state index is 10.1. The van der Waals surface area contributed by atoms with E-state index in [1.807, 2.05) is 0 Å². The van der Waals surface area contributed by atoms with Crippen LogP contribution in [0.1, 0.15) is 86.5 Å². The average Bonchev–Trinajstić information content (AvgIpc) is 3.04. The Bertz CT molecular complexity index is 691. The van der Waals surface area contributed by atoms with Crippen LogP contribution >= 0.6 is 0 Å². The molecule has 0 amide bonds. The SMILES string of the molecule is CC1=C(/C=C\C2=CCC[C@]3(C)[C@@H]([C@H](C)/C=C/[C@H](C)C(C)C)CC[C@@H]23)C[C@H](O)CC1. The molecule has 0 aromatic rings. The average molecular weight is 397 g/mol. The van der Waals surface area contributed by atoms with E-state index in [9.17, 15) is 5.11 Å². The second-order valence-electron chi connectivity index (χ2n) is 10.9. The van der Waals surface area contributed by atoms with E-state index < -0.39 is 0 Å². The first-order valence-corrected chi connectivity index (χ1v) is 12.2. The van der Waals surface area contributed by atoms with Crippen molar-refractivity contribution in [2.75, 3.05) is 0 Å². The Balaban J connectivity index is 1.73. The second kappa shape index (κ2) is 9.38. The highest BCUT2D eigenvalue weighted by Crippen LogP contribution is 2.58. The van der Waals surface area contributed by atoms with Crippen LogP contribution in [-0.2, 0) is 0 Å². The molecule has 0 aliphatic heterocycles. The first-order chi connectivity index (χ1) is 13.7. The van der Waals surface area contributed by atoms with E-state index in [4.69, 9.17) is 0 Å². The monoisotopic (exact) mass is 396 g/mol. The third-order valence-electron chi connectivity index (χ3n) is 8.61. The van der Waals surface area contributed by atoms with Crippen LogP contribution < -0.4 is 0 Å². The van der Waals surface area contributed by atoms with Crippen molar-refractivity contribution in [1.29, 1.82) is 0 Å². The van der Waals surface area contributed by atoms with Crippen LogP contribution in [0.2, 0.25) is 0 Å². The summed E-state index contributed by atoms with van der Waals surface area (Å²) in [6.45, 7) is 14.2. The van der Waals surface area contributed by atoms with E-state index in [-0.39, 0.29) is 6.10 Å². The standard InChI is InChI=1S/C28H44O/c1-19(2)20(3)9-10-22(5)26-15-16-27-23(8-7-17-28(26,27)6)12-13-24-18-25(29)14-11-21(24)4/h8-10,12-13,19-20,22,25-27,29H,7,11,14-18H2,1-6H3/b10-9+,13-12-/t20-,22+,25+,26+,27-,28+/m0/s1. The summed E-state index contributed by atoms with van der Waals surface area (Å²) in [6, 6.07) is 0. The third-order valence-corrected chi connectivity index (χ3v) is 8.61. The van der Waals surface area contributed by atoms with Gasteiger partial charge < -0.3 is 5.11 Å². The molecule has 0 aromatic carbocycles. The van der Waals surface area contributed by atoms with E-state index >= 15 is 0 Å². The number of aliphatic hydroxyl groups excluding tert-OH is 1. The van der Waals surface area contributed by atoms with Gasteiger partial charge in [0.05, 0.1) is 6.10 Å². The van der Waals surface area contributed by atoms with Crippen molar-refractivity contribution in [3.05, 3.63) is 47.1 Å². The predicted octanol–water partition coefficient (Wildman–Crippen LogP) is 7.64. The normalized spacial score (nSPS) is 35.4. The lowest BCUT2D eigenvalue weighted by molar-refractivity contribution is 0.129. The summed E-state index contributed by atoms with van der Waals surface area (Å²) in [6.07, 6.45) is 20.1. The number of allylic oxidation sites excluding steroid dienone is 7. The second-order valence-corrected chi connectivity index (χ2v) is 10.9. The molecule has 6 atom stereocenters. The molecular weight excluding hydrogens is 352 g/mol. The summed E-state index contributed by atoms with van der Waals surface area (Å²) in [5, 5.41) is 10.1. The fourth-order valence-electron chi connectivity index (χ4n) is 6.10.